The largest absolute Gasteiger partial charge is 0.321 e. The lowest BCUT2D eigenvalue weighted by Gasteiger charge is -2.07. The molecule has 0 aliphatic carbocycles. The summed E-state index contributed by atoms with van der Waals surface area (Å²) >= 11 is 5.95. The Bertz CT molecular complexity index is 735. The summed E-state index contributed by atoms with van der Waals surface area (Å²) in [7, 11) is 0. The first-order valence-corrected chi connectivity index (χ1v) is 6.54. The van der Waals surface area contributed by atoms with E-state index in [1.165, 1.54) is 12.1 Å². The first-order valence-electron chi connectivity index (χ1n) is 6.16. The van der Waals surface area contributed by atoms with Crippen molar-refractivity contribution in [1.82, 2.24) is 0 Å². The van der Waals surface area contributed by atoms with Crippen molar-refractivity contribution < 1.29 is 9.18 Å². The van der Waals surface area contributed by atoms with E-state index in [9.17, 15) is 9.18 Å². The van der Waals surface area contributed by atoms with Crippen LogP contribution in [0.2, 0.25) is 5.02 Å². The lowest BCUT2D eigenvalue weighted by molar-refractivity contribution is 0.102. The van der Waals surface area contributed by atoms with Crippen LogP contribution in [0.3, 0.4) is 0 Å². The van der Waals surface area contributed by atoms with Gasteiger partial charge in [0.1, 0.15) is 5.82 Å². The Balaban J connectivity index is 2.21. The van der Waals surface area contributed by atoms with Crippen LogP contribution in [-0.2, 0) is 0 Å². The highest BCUT2D eigenvalue weighted by atomic mass is 35.5. The molecule has 21 heavy (non-hydrogen) atoms. The number of carbonyl (C=O) groups excluding carboxylic acids is 1. The van der Waals surface area contributed by atoms with E-state index in [0.29, 0.717) is 10.7 Å². The molecular formula is C16H12ClFN2O. The molecule has 0 atom stereocenters. The van der Waals surface area contributed by atoms with Crippen LogP contribution in [0.25, 0.3) is 0 Å². The molecule has 0 heterocycles. The van der Waals surface area contributed by atoms with Gasteiger partial charge in [0, 0.05) is 5.56 Å². The lowest BCUT2D eigenvalue weighted by atomic mass is 10.1. The molecule has 0 saturated carbocycles. The van der Waals surface area contributed by atoms with Crippen LogP contribution >= 0.6 is 11.6 Å². The minimum atomic E-state index is -0.567. The number of anilines is 1. The van der Waals surface area contributed by atoms with Gasteiger partial charge in [-0.1, -0.05) is 35.6 Å². The quantitative estimate of drug-likeness (QED) is 0.838. The third-order valence-corrected chi connectivity index (χ3v) is 3.01. The van der Waals surface area contributed by atoms with Gasteiger partial charge in [-0.15, -0.1) is 0 Å². The van der Waals surface area contributed by atoms with E-state index in [4.69, 9.17) is 17.3 Å². The fraction of sp³-hybridized carbons (Fsp3) is 0.0625. The summed E-state index contributed by atoms with van der Waals surface area (Å²) in [5, 5.41) is 3.04. The lowest BCUT2D eigenvalue weighted by Crippen LogP contribution is -2.12. The number of rotatable bonds is 2. The van der Waals surface area contributed by atoms with Crippen molar-refractivity contribution in [3.05, 3.63) is 64.4 Å². The van der Waals surface area contributed by atoms with Crippen LogP contribution in [0.1, 0.15) is 15.9 Å². The summed E-state index contributed by atoms with van der Waals surface area (Å²) in [6, 6.07) is 10.9. The summed E-state index contributed by atoms with van der Waals surface area (Å²) in [5.74, 6) is 4.14. The van der Waals surface area contributed by atoms with Gasteiger partial charge < -0.3 is 11.1 Å². The van der Waals surface area contributed by atoms with E-state index in [-0.39, 0.29) is 17.7 Å². The smallest absolute Gasteiger partial charge is 0.255 e. The van der Waals surface area contributed by atoms with Crippen molar-refractivity contribution in [2.75, 3.05) is 11.9 Å². The minimum absolute atomic E-state index is 0.147. The molecule has 1 amide bonds. The van der Waals surface area contributed by atoms with Gasteiger partial charge in [0.2, 0.25) is 0 Å². The summed E-state index contributed by atoms with van der Waals surface area (Å²) in [6.45, 7) is 0.147. The Morgan fingerprint density at radius 3 is 2.71 bits per heavy atom. The standard InChI is InChI=1S/C16H12ClFN2O/c17-13-5-1-2-6-15(13)20-16(21)12-8-7-11(4-3-9-19)14(18)10-12/h1-2,5-8,10H,9,19H2,(H,20,21). The number of para-hydroxylation sites is 1. The zero-order valence-electron chi connectivity index (χ0n) is 11.0. The molecule has 0 aromatic heterocycles. The highest BCUT2D eigenvalue weighted by Gasteiger charge is 2.10. The predicted molar refractivity (Wildman–Crippen MR) is 81.7 cm³/mol. The Labute approximate surface area is 126 Å². The highest BCUT2D eigenvalue weighted by Crippen LogP contribution is 2.21. The molecule has 0 unspecified atom stereocenters. The second-order valence-electron chi connectivity index (χ2n) is 4.13. The van der Waals surface area contributed by atoms with E-state index in [0.717, 1.165) is 6.07 Å². The average Bonchev–Trinajstić information content (AvgIpc) is 2.48. The minimum Gasteiger partial charge on any atom is -0.321 e. The summed E-state index contributed by atoms with van der Waals surface area (Å²) < 4.78 is 13.8. The number of amides is 1. The van der Waals surface area contributed by atoms with Gasteiger partial charge in [-0.3, -0.25) is 4.79 Å². The Kier molecular flexibility index (Phi) is 4.94. The number of carbonyl (C=O) groups is 1. The Hall–Kier alpha value is -2.35. The molecule has 3 nitrogen and oxygen atoms in total. The third-order valence-electron chi connectivity index (χ3n) is 2.68. The second kappa shape index (κ2) is 6.89. The number of nitrogens with one attached hydrogen (secondary N) is 1. The Morgan fingerprint density at radius 2 is 2.05 bits per heavy atom. The normalized spacial score (nSPS) is 9.67. The average molecular weight is 303 g/mol. The monoisotopic (exact) mass is 302 g/mol. The molecular weight excluding hydrogens is 291 g/mol. The zero-order valence-corrected chi connectivity index (χ0v) is 11.7. The molecule has 0 bridgehead atoms. The van der Waals surface area contributed by atoms with Crippen LogP contribution in [0.4, 0.5) is 10.1 Å². The second-order valence-corrected chi connectivity index (χ2v) is 4.54. The molecule has 3 N–H and O–H groups in total. The maximum Gasteiger partial charge on any atom is 0.255 e. The highest BCUT2D eigenvalue weighted by molar-refractivity contribution is 6.33. The molecule has 2 rings (SSSR count). The van der Waals surface area contributed by atoms with E-state index >= 15 is 0 Å². The van der Waals surface area contributed by atoms with Gasteiger partial charge >= 0.3 is 0 Å². The van der Waals surface area contributed by atoms with Crippen molar-refractivity contribution in [2.45, 2.75) is 0 Å². The number of nitrogens with two attached hydrogens (primary N) is 1. The number of hydrogen-bond donors (Lipinski definition) is 2. The van der Waals surface area contributed by atoms with Crippen molar-refractivity contribution >= 4 is 23.2 Å². The van der Waals surface area contributed by atoms with Crippen molar-refractivity contribution in [1.29, 1.82) is 0 Å². The number of benzene rings is 2. The molecule has 2 aromatic carbocycles. The van der Waals surface area contributed by atoms with Gasteiger partial charge in [-0.05, 0) is 30.3 Å². The van der Waals surface area contributed by atoms with E-state index < -0.39 is 11.7 Å². The van der Waals surface area contributed by atoms with Crippen molar-refractivity contribution in [3.63, 3.8) is 0 Å². The summed E-state index contributed by atoms with van der Waals surface area (Å²) in [6.07, 6.45) is 0. The SMILES string of the molecule is NCC#Cc1ccc(C(=O)Nc2ccccc2Cl)cc1F. The molecule has 0 saturated heterocycles. The first-order chi connectivity index (χ1) is 10.1. The zero-order chi connectivity index (χ0) is 15.2. The predicted octanol–water partition coefficient (Wildman–Crippen LogP) is 3.04. The molecule has 0 spiro atoms. The fourth-order valence-electron chi connectivity index (χ4n) is 1.66. The van der Waals surface area contributed by atoms with Crippen LogP contribution in [0.15, 0.2) is 42.5 Å². The molecule has 106 valence electrons. The molecule has 5 heteroatoms. The van der Waals surface area contributed by atoms with Gasteiger partial charge in [-0.2, -0.15) is 0 Å². The number of halogens is 2. The van der Waals surface area contributed by atoms with Gasteiger partial charge in [0.25, 0.3) is 5.91 Å². The molecule has 0 fully saturated rings. The van der Waals surface area contributed by atoms with E-state index in [1.807, 2.05) is 0 Å². The van der Waals surface area contributed by atoms with E-state index in [1.54, 1.807) is 24.3 Å². The summed E-state index contributed by atoms with van der Waals surface area (Å²) in [4.78, 5) is 12.1. The van der Waals surface area contributed by atoms with Crippen LogP contribution in [0.5, 0.6) is 0 Å². The van der Waals surface area contributed by atoms with Crippen molar-refractivity contribution in [3.8, 4) is 11.8 Å². The summed E-state index contributed by atoms with van der Waals surface area (Å²) in [5.41, 5.74) is 6.09. The molecule has 2 aromatic rings. The molecule has 0 radical (unpaired) electrons. The topological polar surface area (TPSA) is 55.1 Å². The van der Waals surface area contributed by atoms with E-state index in [2.05, 4.69) is 17.2 Å². The number of hydrogen-bond acceptors (Lipinski definition) is 2. The third kappa shape index (κ3) is 3.82. The van der Waals surface area contributed by atoms with Crippen LogP contribution in [-0.4, -0.2) is 12.5 Å². The van der Waals surface area contributed by atoms with Crippen molar-refractivity contribution in [2.24, 2.45) is 5.73 Å². The van der Waals surface area contributed by atoms with Gasteiger partial charge in [-0.25, -0.2) is 4.39 Å². The maximum absolute atomic E-state index is 13.8. The Morgan fingerprint density at radius 1 is 1.29 bits per heavy atom. The van der Waals surface area contributed by atoms with Crippen LogP contribution < -0.4 is 11.1 Å². The van der Waals surface area contributed by atoms with Gasteiger partial charge in [0.15, 0.2) is 0 Å². The molecule has 0 aliphatic heterocycles. The first kappa shape index (κ1) is 15.0. The molecule has 0 aliphatic rings. The maximum atomic E-state index is 13.8. The fourth-order valence-corrected chi connectivity index (χ4v) is 1.84. The van der Waals surface area contributed by atoms with Crippen LogP contribution in [0, 0.1) is 17.7 Å². The van der Waals surface area contributed by atoms with Gasteiger partial charge in [0.05, 0.1) is 22.8 Å².